The number of ether oxygens (including phenoxy) is 1. The summed E-state index contributed by atoms with van der Waals surface area (Å²) in [6.45, 7) is 6.26. The topological polar surface area (TPSA) is 53.1 Å². The first-order valence-corrected chi connectivity index (χ1v) is 12.4. The van der Waals surface area contributed by atoms with Gasteiger partial charge in [0.05, 0.1) is 12.5 Å². The number of hydrogen-bond acceptors (Lipinski definition) is 4. The summed E-state index contributed by atoms with van der Waals surface area (Å²) in [5.41, 5.74) is 2.21. The number of carbonyl (C=O) groups is 2. The van der Waals surface area contributed by atoms with Gasteiger partial charge in [0, 0.05) is 49.4 Å². The number of piperidine rings is 2. The van der Waals surface area contributed by atoms with Gasteiger partial charge in [0.15, 0.2) is 0 Å². The third-order valence-corrected chi connectivity index (χ3v) is 8.50. The standard InChI is InChI=1S/C24H36FN3O3/c1-3-31-24(30)27-18-5-6-19(27)14-20(13-18)26-10-8-17(9-11-26)28-22-7-4-16(25)12-21(22)15(2)23(28)29/h15-20H,3-14H2,1-2H3/t15?,16?,18-,19-/m1/s1. The largest absolute Gasteiger partial charge is 0.450 e. The minimum absolute atomic E-state index is 0.138. The van der Waals surface area contributed by atoms with Gasteiger partial charge in [-0.3, -0.25) is 4.79 Å². The van der Waals surface area contributed by atoms with Gasteiger partial charge in [-0.1, -0.05) is 0 Å². The third kappa shape index (κ3) is 3.66. The molecule has 4 aliphatic heterocycles. The zero-order chi connectivity index (χ0) is 21.7. The maximum atomic E-state index is 13.9. The maximum absolute atomic E-state index is 13.9. The minimum Gasteiger partial charge on any atom is -0.450 e. The van der Waals surface area contributed by atoms with E-state index in [4.69, 9.17) is 4.74 Å². The van der Waals surface area contributed by atoms with Crippen LogP contribution in [0.25, 0.3) is 0 Å². The van der Waals surface area contributed by atoms with Crippen LogP contribution in [0.2, 0.25) is 0 Å². The predicted molar refractivity (Wildman–Crippen MR) is 115 cm³/mol. The van der Waals surface area contributed by atoms with Crippen LogP contribution < -0.4 is 0 Å². The smallest absolute Gasteiger partial charge is 0.410 e. The molecule has 2 bridgehead atoms. The van der Waals surface area contributed by atoms with Gasteiger partial charge in [-0.2, -0.15) is 0 Å². The second-order valence-electron chi connectivity index (χ2n) is 10.1. The van der Waals surface area contributed by atoms with Crippen molar-refractivity contribution in [3.05, 3.63) is 11.3 Å². The molecule has 1 aliphatic carbocycles. The number of likely N-dealkylation sites (tertiary alicyclic amines) is 1. The van der Waals surface area contributed by atoms with Crippen molar-refractivity contribution in [1.29, 1.82) is 0 Å². The number of hydrogen-bond donors (Lipinski definition) is 0. The Balaban J connectivity index is 1.20. The lowest BCUT2D eigenvalue weighted by Crippen LogP contribution is -2.55. The highest BCUT2D eigenvalue weighted by molar-refractivity contribution is 5.87. The number of amides is 2. The summed E-state index contributed by atoms with van der Waals surface area (Å²) in [6.07, 6.45) is 7.00. The molecule has 0 spiro atoms. The van der Waals surface area contributed by atoms with Crippen LogP contribution in [0, 0.1) is 5.92 Å². The molecule has 0 aromatic heterocycles. The molecule has 2 unspecified atom stereocenters. The number of alkyl halides is 1. The van der Waals surface area contributed by atoms with Crippen LogP contribution in [-0.2, 0) is 9.53 Å². The monoisotopic (exact) mass is 433 g/mol. The summed E-state index contributed by atoms with van der Waals surface area (Å²) in [4.78, 5) is 32.0. The van der Waals surface area contributed by atoms with Crippen LogP contribution in [-0.4, -0.2) is 76.7 Å². The first-order valence-electron chi connectivity index (χ1n) is 12.4. The lowest BCUT2D eigenvalue weighted by Gasteiger charge is -2.46. The molecule has 0 radical (unpaired) electrons. The molecule has 2 amide bonds. The number of fused-ring (bicyclic) bond motifs is 2. The van der Waals surface area contributed by atoms with E-state index < -0.39 is 6.17 Å². The Morgan fingerprint density at radius 1 is 1.03 bits per heavy atom. The Morgan fingerprint density at radius 2 is 1.71 bits per heavy atom. The molecular formula is C24H36FN3O3. The van der Waals surface area contributed by atoms with Crippen molar-refractivity contribution in [1.82, 2.24) is 14.7 Å². The zero-order valence-electron chi connectivity index (χ0n) is 18.9. The van der Waals surface area contributed by atoms with Crippen molar-refractivity contribution in [2.24, 2.45) is 5.92 Å². The first kappa shape index (κ1) is 21.2. The Kier molecular flexibility index (Phi) is 5.74. The summed E-state index contributed by atoms with van der Waals surface area (Å²) >= 11 is 0. The van der Waals surface area contributed by atoms with Gasteiger partial charge in [-0.25, -0.2) is 9.18 Å². The molecule has 0 aromatic carbocycles. The number of allylic oxidation sites excluding steroid dienone is 1. The molecule has 31 heavy (non-hydrogen) atoms. The summed E-state index contributed by atoms with van der Waals surface area (Å²) in [5, 5.41) is 0. The van der Waals surface area contributed by atoms with Gasteiger partial charge in [0.2, 0.25) is 5.91 Å². The predicted octanol–water partition coefficient (Wildman–Crippen LogP) is 3.86. The summed E-state index contributed by atoms with van der Waals surface area (Å²) < 4.78 is 19.2. The van der Waals surface area contributed by atoms with E-state index in [0.29, 0.717) is 44.0 Å². The normalized spacial score (nSPS) is 36.9. The van der Waals surface area contributed by atoms with E-state index in [2.05, 4.69) is 9.80 Å². The fourth-order valence-corrected chi connectivity index (χ4v) is 6.96. The van der Waals surface area contributed by atoms with E-state index in [1.54, 1.807) is 0 Å². The van der Waals surface area contributed by atoms with Crippen molar-refractivity contribution in [3.8, 4) is 0 Å². The van der Waals surface area contributed by atoms with Crippen LogP contribution in [0.4, 0.5) is 9.18 Å². The molecule has 6 nitrogen and oxygen atoms in total. The quantitative estimate of drug-likeness (QED) is 0.678. The highest BCUT2D eigenvalue weighted by Gasteiger charge is 2.47. The Bertz CT molecular complexity index is 749. The van der Waals surface area contributed by atoms with Crippen LogP contribution in [0.3, 0.4) is 0 Å². The molecule has 0 N–H and O–H groups in total. The summed E-state index contributed by atoms with van der Waals surface area (Å²) in [7, 11) is 0. The molecule has 4 heterocycles. The Morgan fingerprint density at radius 3 is 2.35 bits per heavy atom. The van der Waals surface area contributed by atoms with Gasteiger partial charge < -0.3 is 19.4 Å². The fourth-order valence-electron chi connectivity index (χ4n) is 6.96. The lowest BCUT2D eigenvalue weighted by molar-refractivity contribution is -0.133. The molecular weight excluding hydrogens is 397 g/mol. The SMILES string of the molecule is CCOC(=O)N1[C@@H]2CC[C@@H]1CC(N1CCC(N3C(=O)C(C)C4=C3CCC(F)C4)CC1)C2. The molecule has 4 atom stereocenters. The van der Waals surface area contributed by atoms with Crippen LogP contribution in [0.1, 0.15) is 71.6 Å². The van der Waals surface area contributed by atoms with Crippen molar-refractivity contribution in [2.45, 2.75) is 102 Å². The van der Waals surface area contributed by atoms with Gasteiger partial charge in [-0.05, 0) is 70.8 Å². The van der Waals surface area contributed by atoms with E-state index in [-0.39, 0.29) is 24.0 Å². The van der Waals surface area contributed by atoms with Crippen molar-refractivity contribution >= 4 is 12.0 Å². The minimum atomic E-state index is -0.786. The second-order valence-corrected chi connectivity index (χ2v) is 10.1. The number of rotatable bonds is 3. The highest BCUT2D eigenvalue weighted by Crippen LogP contribution is 2.43. The summed E-state index contributed by atoms with van der Waals surface area (Å²) in [6, 6.07) is 1.40. The van der Waals surface area contributed by atoms with Gasteiger partial charge in [-0.15, -0.1) is 0 Å². The molecule has 172 valence electrons. The Labute approximate surface area is 184 Å². The van der Waals surface area contributed by atoms with Crippen molar-refractivity contribution in [2.75, 3.05) is 19.7 Å². The van der Waals surface area contributed by atoms with Crippen LogP contribution in [0.5, 0.6) is 0 Å². The Hall–Kier alpha value is -1.63. The molecule has 5 rings (SSSR count). The molecule has 5 aliphatic rings. The van der Waals surface area contributed by atoms with Gasteiger partial charge >= 0.3 is 6.09 Å². The second kappa shape index (κ2) is 8.38. The lowest BCUT2D eigenvalue weighted by atomic mass is 9.89. The molecule has 3 saturated heterocycles. The first-order chi connectivity index (χ1) is 15.0. The molecule has 0 aromatic rings. The molecule has 3 fully saturated rings. The van der Waals surface area contributed by atoms with Crippen molar-refractivity contribution in [3.63, 3.8) is 0 Å². The third-order valence-electron chi connectivity index (χ3n) is 8.50. The number of halogens is 1. The van der Waals surface area contributed by atoms with Crippen LogP contribution in [0.15, 0.2) is 11.3 Å². The fraction of sp³-hybridized carbons (Fsp3) is 0.833. The highest BCUT2D eigenvalue weighted by atomic mass is 19.1. The number of carbonyl (C=O) groups excluding carboxylic acids is 2. The van der Waals surface area contributed by atoms with E-state index >= 15 is 0 Å². The zero-order valence-corrected chi connectivity index (χ0v) is 18.9. The average molecular weight is 434 g/mol. The molecule has 0 saturated carbocycles. The van der Waals surface area contributed by atoms with Gasteiger partial charge in [0.25, 0.3) is 0 Å². The van der Waals surface area contributed by atoms with E-state index in [1.165, 1.54) is 0 Å². The van der Waals surface area contributed by atoms with Gasteiger partial charge in [0.1, 0.15) is 6.17 Å². The van der Waals surface area contributed by atoms with E-state index in [9.17, 15) is 14.0 Å². The van der Waals surface area contributed by atoms with Crippen LogP contribution >= 0.6 is 0 Å². The van der Waals surface area contributed by atoms with Crippen molar-refractivity contribution < 1.29 is 18.7 Å². The average Bonchev–Trinajstić information content (AvgIpc) is 3.18. The van der Waals surface area contributed by atoms with E-state index in [1.807, 2.05) is 18.7 Å². The molecule has 7 heteroatoms. The van der Waals surface area contributed by atoms with E-state index in [0.717, 1.165) is 62.9 Å². The number of nitrogens with zero attached hydrogens (tertiary/aromatic N) is 3. The maximum Gasteiger partial charge on any atom is 0.410 e. The summed E-state index contributed by atoms with van der Waals surface area (Å²) in [5.74, 6) is 0.0488.